The van der Waals surface area contributed by atoms with Gasteiger partial charge in [-0.15, -0.1) is 11.3 Å². The van der Waals surface area contributed by atoms with Gasteiger partial charge in [-0.05, 0) is 45.7 Å². The molecule has 1 aromatic rings. The van der Waals surface area contributed by atoms with Gasteiger partial charge in [-0.3, -0.25) is 4.90 Å². The zero-order chi connectivity index (χ0) is 13.1. The third-order valence-electron chi connectivity index (χ3n) is 4.21. The van der Waals surface area contributed by atoms with Crippen LogP contribution in [0.25, 0.3) is 0 Å². The molecule has 0 saturated heterocycles. The van der Waals surface area contributed by atoms with Crippen molar-refractivity contribution in [3.8, 4) is 0 Å². The van der Waals surface area contributed by atoms with Crippen LogP contribution in [0.4, 0.5) is 0 Å². The average Bonchev–Trinajstić information content (AvgIpc) is 2.94. The first-order valence-electron chi connectivity index (χ1n) is 7.02. The summed E-state index contributed by atoms with van der Waals surface area (Å²) >= 11 is 1.84. The highest BCUT2D eigenvalue weighted by molar-refractivity contribution is 7.11. The van der Waals surface area contributed by atoms with E-state index in [1.54, 1.807) is 0 Å². The van der Waals surface area contributed by atoms with Gasteiger partial charge in [0, 0.05) is 10.9 Å². The van der Waals surface area contributed by atoms with E-state index >= 15 is 0 Å². The molecular weight excluding hydrogens is 242 g/mol. The molecule has 1 saturated carbocycles. The molecule has 0 radical (unpaired) electrons. The van der Waals surface area contributed by atoms with Gasteiger partial charge in [0.05, 0.1) is 12.2 Å². The van der Waals surface area contributed by atoms with Crippen molar-refractivity contribution >= 4 is 11.3 Å². The fraction of sp³-hybridized carbons (Fsp3) is 0.786. The van der Waals surface area contributed by atoms with Gasteiger partial charge in [-0.2, -0.15) is 0 Å². The van der Waals surface area contributed by atoms with Crippen molar-refractivity contribution < 1.29 is 0 Å². The van der Waals surface area contributed by atoms with Gasteiger partial charge in [0.25, 0.3) is 0 Å². The van der Waals surface area contributed by atoms with Crippen LogP contribution in [-0.2, 0) is 6.54 Å². The predicted molar refractivity (Wildman–Crippen MR) is 77.9 cm³/mol. The first-order chi connectivity index (χ1) is 8.65. The maximum atomic E-state index is 5.90. The Balaban J connectivity index is 2.04. The lowest BCUT2D eigenvalue weighted by Crippen LogP contribution is -2.39. The van der Waals surface area contributed by atoms with Crippen LogP contribution in [0.3, 0.4) is 0 Å². The lowest BCUT2D eigenvalue weighted by molar-refractivity contribution is 0.162. The Morgan fingerprint density at radius 3 is 2.72 bits per heavy atom. The number of nitrogens with zero attached hydrogens (tertiary/aromatic N) is 2. The Morgan fingerprint density at radius 1 is 1.39 bits per heavy atom. The lowest BCUT2D eigenvalue weighted by Gasteiger charge is -2.31. The Hall–Kier alpha value is -0.450. The second-order valence-electron chi connectivity index (χ2n) is 5.31. The van der Waals surface area contributed by atoms with Crippen LogP contribution in [0.5, 0.6) is 0 Å². The van der Waals surface area contributed by atoms with E-state index in [2.05, 4.69) is 30.7 Å². The molecule has 1 aliphatic carbocycles. The highest BCUT2D eigenvalue weighted by atomic mass is 32.1. The standard InChI is InChI=1S/C14H25N3S/c1-4-17(13-7-5-6-12(13)8-15)9-14-16-10(2)11(3)18-14/h12-13H,4-9,15H2,1-3H3. The van der Waals surface area contributed by atoms with Crippen molar-refractivity contribution in [3.05, 3.63) is 15.6 Å². The molecule has 3 nitrogen and oxygen atoms in total. The molecule has 18 heavy (non-hydrogen) atoms. The third kappa shape index (κ3) is 2.92. The molecule has 1 fully saturated rings. The number of aryl methyl sites for hydroxylation is 2. The number of hydrogen-bond donors (Lipinski definition) is 1. The number of hydrogen-bond acceptors (Lipinski definition) is 4. The molecule has 2 unspecified atom stereocenters. The highest BCUT2D eigenvalue weighted by Crippen LogP contribution is 2.30. The summed E-state index contributed by atoms with van der Waals surface area (Å²) in [6, 6.07) is 0.671. The summed E-state index contributed by atoms with van der Waals surface area (Å²) in [5.74, 6) is 0.687. The Kier molecular flexibility index (Phi) is 4.76. The molecule has 0 spiro atoms. The van der Waals surface area contributed by atoms with E-state index in [0.29, 0.717) is 12.0 Å². The van der Waals surface area contributed by atoms with E-state index in [0.717, 1.165) is 19.6 Å². The Bertz CT molecular complexity index is 369. The van der Waals surface area contributed by atoms with Crippen molar-refractivity contribution in [1.82, 2.24) is 9.88 Å². The van der Waals surface area contributed by atoms with Gasteiger partial charge in [-0.1, -0.05) is 13.3 Å². The summed E-state index contributed by atoms with van der Waals surface area (Å²) in [5.41, 5.74) is 7.09. The molecule has 1 heterocycles. The zero-order valence-electron chi connectivity index (χ0n) is 11.8. The van der Waals surface area contributed by atoms with E-state index in [1.807, 2.05) is 11.3 Å². The first kappa shape index (κ1) is 14.0. The maximum absolute atomic E-state index is 5.90. The van der Waals surface area contributed by atoms with Crippen LogP contribution in [0.1, 0.15) is 41.8 Å². The zero-order valence-corrected chi connectivity index (χ0v) is 12.6. The van der Waals surface area contributed by atoms with Crippen LogP contribution < -0.4 is 5.73 Å². The molecule has 2 N–H and O–H groups in total. The summed E-state index contributed by atoms with van der Waals surface area (Å²) in [4.78, 5) is 8.59. The van der Waals surface area contributed by atoms with Crippen LogP contribution in [0, 0.1) is 19.8 Å². The van der Waals surface area contributed by atoms with E-state index in [1.165, 1.54) is 34.8 Å². The number of thiazole rings is 1. The minimum Gasteiger partial charge on any atom is -0.330 e. The summed E-state index contributed by atoms with van der Waals surface area (Å²) < 4.78 is 0. The summed E-state index contributed by atoms with van der Waals surface area (Å²) in [6.07, 6.45) is 3.94. The molecule has 102 valence electrons. The maximum Gasteiger partial charge on any atom is 0.107 e. The number of aromatic nitrogens is 1. The quantitative estimate of drug-likeness (QED) is 0.892. The second-order valence-corrected chi connectivity index (χ2v) is 6.59. The molecule has 0 amide bonds. The molecular formula is C14H25N3S. The van der Waals surface area contributed by atoms with E-state index in [9.17, 15) is 0 Å². The van der Waals surface area contributed by atoms with Crippen molar-refractivity contribution in [1.29, 1.82) is 0 Å². The first-order valence-corrected chi connectivity index (χ1v) is 7.84. The van der Waals surface area contributed by atoms with Crippen molar-refractivity contribution in [2.24, 2.45) is 11.7 Å². The Morgan fingerprint density at radius 2 is 2.17 bits per heavy atom. The van der Waals surface area contributed by atoms with E-state index < -0.39 is 0 Å². The minimum atomic E-state index is 0.671. The molecule has 0 aliphatic heterocycles. The topological polar surface area (TPSA) is 42.2 Å². The lowest BCUT2D eigenvalue weighted by atomic mass is 10.0. The summed E-state index contributed by atoms with van der Waals surface area (Å²) in [5, 5.41) is 1.26. The number of nitrogens with two attached hydrogens (primary N) is 1. The summed E-state index contributed by atoms with van der Waals surface area (Å²) in [6.45, 7) is 9.43. The van der Waals surface area contributed by atoms with Crippen molar-refractivity contribution in [2.45, 2.75) is 52.6 Å². The number of rotatable bonds is 5. The van der Waals surface area contributed by atoms with Gasteiger partial charge in [0.15, 0.2) is 0 Å². The fourth-order valence-electron chi connectivity index (χ4n) is 3.02. The van der Waals surface area contributed by atoms with Gasteiger partial charge >= 0.3 is 0 Å². The molecule has 1 aliphatic rings. The normalized spacial score (nSPS) is 24.1. The van der Waals surface area contributed by atoms with Crippen LogP contribution in [-0.4, -0.2) is 29.0 Å². The van der Waals surface area contributed by atoms with Crippen LogP contribution in [0.2, 0.25) is 0 Å². The summed E-state index contributed by atoms with van der Waals surface area (Å²) in [7, 11) is 0. The minimum absolute atomic E-state index is 0.671. The SMILES string of the molecule is CCN(Cc1nc(C)c(C)s1)C1CCCC1CN. The van der Waals surface area contributed by atoms with E-state index in [-0.39, 0.29) is 0 Å². The van der Waals surface area contributed by atoms with Gasteiger partial charge in [-0.25, -0.2) is 4.98 Å². The van der Waals surface area contributed by atoms with Gasteiger partial charge < -0.3 is 5.73 Å². The van der Waals surface area contributed by atoms with Gasteiger partial charge in [0.1, 0.15) is 5.01 Å². The molecule has 4 heteroatoms. The average molecular weight is 267 g/mol. The molecule has 2 rings (SSSR count). The largest absolute Gasteiger partial charge is 0.330 e. The van der Waals surface area contributed by atoms with Crippen molar-refractivity contribution in [2.75, 3.05) is 13.1 Å². The molecule has 1 aromatic heterocycles. The van der Waals surface area contributed by atoms with E-state index in [4.69, 9.17) is 5.73 Å². The smallest absolute Gasteiger partial charge is 0.107 e. The Labute approximate surface area is 114 Å². The third-order valence-corrected chi connectivity index (χ3v) is 5.27. The highest BCUT2D eigenvalue weighted by Gasteiger charge is 2.30. The van der Waals surface area contributed by atoms with Crippen LogP contribution >= 0.6 is 11.3 Å². The van der Waals surface area contributed by atoms with Crippen molar-refractivity contribution in [3.63, 3.8) is 0 Å². The van der Waals surface area contributed by atoms with Gasteiger partial charge in [0.2, 0.25) is 0 Å². The van der Waals surface area contributed by atoms with Crippen LogP contribution in [0.15, 0.2) is 0 Å². The molecule has 0 bridgehead atoms. The predicted octanol–water partition coefficient (Wildman–Crippen LogP) is 2.71. The molecule has 2 atom stereocenters. The molecule has 0 aromatic carbocycles. The second kappa shape index (κ2) is 6.13. The fourth-order valence-corrected chi connectivity index (χ4v) is 3.98. The monoisotopic (exact) mass is 267 g/mol.